The van der Waals surface area contributed by atoms with Crippen LogP contribution in [0.1, 0.15) is 38.1 Å². The standard InChI is InChI=1S/C23H31O7P.Li/c1-7-27-15(3)29-17-12-13-21(20(14-17)30-16(4)28-8-2)31-23(24)22-18(25-5)10-9-11-19(22)26-6;/h9-16,31H,7-8H2,1-6H3;/q;+1. The molecule has 170 valence electrons. The van der Waals surface area contributed by atoms with Crippen molar-refractivity contribution in [2.45, 2.75) is 40.3 Å². The van der Waals surface area contributed by atoms with Crippen molar-refractivity contribution < 1.29 is 52.1 Å². The number of carbonyl (C=O) groups is 1. The van der Waals surface area contributed by atoms with E-state index < -0.39 is 12.6 Å². The Balaban J connectivity index is 0.00000512. The van der Waals surface area contributed by atoms with Crippen LogP contribution in [-0.2, 0) is 9.47 Å². The van der Waals surface area contributed by atoms with Crippen LogP contribution in [0.5, 0.6) is 23.0 Å². The van der Waals surface area contributed by atoms with E-state index in [0.717, 1.165) is 5.30 Å². The molecule has 0 aliphatic rings. The van der Waals surface area contributed by atoms with Crippen molar-refractivity contribution in [3.63, 3.8) is 0 Å². The molecule has 0 aliphatic carbocycles. The number of hydrogen-bond donors (Lipinski definition) is 0. The Hall–Kier alpha value is -1.74. The summed E-state index contributed by atoms with van der Waals surface area (Å²) in [4.78, 5) is 13.2. The van der Waals surface area contributed by atoms with Crippen molar-refractivity contribution in [1.82, 2.24) is 0 Å². The molecule has 0 aliphatic heterocycles. The maximum Gasteiger partial charge on any atom is 1.00 e. The van der Waals surface area contributed by atoms with Gasteiger partial charge in [0.25, 0.3) is 0 Å². The van der Waals surface area contributed by atoms with E-state index in [1.165, 1.54) is 14.2 Å². The predicted octanol–water partition coefficient (Wildman–Crippen LogP) is 1.37. The summed E-state index contributed by atoms with van der Waals surface area (Å²) >= 11 is 0. The van der Waals surface area contributed by atoms with Gasteiger partial charge in [-0.15, -0.1) is 0 Å². The Morgan fingerprint density at radius 3 is 1.97 bits per heavy atom. The van der Waals surface area contributed by atoms with Crippen LogP contribution in [0.2, 0.25) is 0 Å². The minimum Gasteiger partial charge on any atom is -0.496 e. The van der Waals surface area contributed by atoms with Crippen molar-refractivity contribution in [3.05, 3.63) is 42.0 Å². The van der Waals surface area contributed by atoms with Gasteiger partial charge in [0.2, 0.25) is 0 Å². The first-order valence-corrected chi connectivity index (χ1v) is 11.2. The molecular formula is C23H31LiO7P+. The molecule has 9 heteroatoms. The molecule has 2 aromatic rings. The minimum absolute atomic E-state index is 0. The van der Waals surface area contributed by atoms with Gasteiger partial charge in [-0.2, -0.15) is 0 Å². The molecular weight excluding hydrogens is 426 g/mol. The van der Waals surface area contributed by atoms with Crippen LogP contribution in [0, 0.1) is 0 Å². The van der Waals surface area contributed by atoms with Gasteiger partial charge < -0.3 is 28.4 Å². The Kier molecular flexibility index (Phi) is 12.7. The van der Waals surface area contributed by atoms with Crippen molar-refractivity contribution >= 4 is 19.4 Å². The fraction of sp³-hybridized carbons (Fsp3) is 0.435. The van der Waals surface area contributed by atoms with E-state index in [4.69, 9.17) is 28.4 Å². The van der Waals surface area contributed by atoms with Crippen molar-refractivity contribution in [2.75, 3.05) is 27.4 Å². The number of hydrogen-bond acceptors (Lipinski definition) is 7. The van der Waals surface area contributed by atoms with E-state index in [1.54, 1.807) is 37.3 Å². The first-order chi connectivity index (χ1) is 14.9. The third kappa shape index (κ3) is 7.99. The third-order valence-electron chi connectivity index (χ3n) is 4.25. The Bertz CT molecular complexity index is 840. The van der Waals surface area contributed by atoms with Crippen LogP contribution in [0.4, 0.5) is 0 Å². The molecule has 2 aromatic carbocycles. The van der Waals surface area contributed by atoms with Crippen LogP contribution in [0.3, 0.4) is 0 Å². The van der Waals surface area contributed by atoms with Gasteiger partial charge in [0.15, 0.2) is 18.1 Å². The molecule has 0 bridgehead atoms. The smallest absolute Gasteiger partial charge is 0.496 e. The van der Waals surface area contributed by atoms with Crippen LogP contribution in [0.15, 0.2) is 36.4 Å². The quantitative estimate of drug-likeness (QED) is 0.256. The number of ether oxygens (including phenoxy) is 6. The number of rotatable bonds is 13. The SMILES string of the molecule is CCOC(C)Oc1ccc(PC(=O)c2c(OC)cccc2OC)c(OC(C)OCC)c1.[Li+]. The fourth-order valence-electron chi connectivity index (χ4n) is 2.94. The Labute approximate surface area is 204 Å². The van der Waals surface area contributed by atoms with E-state index in [-0.39, 0.29) is 33.0 Å². The molecule has 3 atom stereocenters. The largest absolute Gasteiger partial charge is 1.00 e. The predicted molar refractivity (Wildman–Crippen MR) is 122 cm³/mol. The molecule has 0 saturated carbocycles. The third-order valence-corrected chi connectivity index (χ3v) is 5.41. The molecule has 0 heterocycles. The summed E-state index contributed by atoms with van der Waals surface area (Å²) < 4.78 is 33.5. The Morgan fingerprint density at radius 2 is 1.44 bits per heavy atom. The summed E-state index contributed by atoms with van der Waals surface area (Å²) in [6.45, 7) is 8.47. The molecule has 0 radical (unpaired) electrons. The van der Waals surface area contributed by atoms with Gasteiger partial charge in [-0.05, 0) is 60.5 Å². The van der Waals surface area contributed by atoms with Crippen LogP contribution >= 0.6 is 8.58 Å². The first kappa shape index (κ1) is 28.3. The normalized spacial score (nSPS) is 12.7. The van der Waals surface area contributed by atoms with E-state index in [1.807, 2.05) is 26.8 Å². The molecule has 0 fully saturated rings. The first-order valence-electron chi connectivity index (χ1n) is 10.2. The van der Waals surface area contributed by atoms with E-state index in [9.17, 15) is 4.79 Å². The van der Waals surface area contributed by atoms with Gasteiger partial charge in [-0.1, -0.05) is 6.07 Å². The van der Waals surface area contributed by atoms with Crippen molar-refractivity contribution in [1.29, 1.82) is 0 Å². The van der Waals surface area contributed by atoms with E-state index in [0.29, 0.717) is 41.8 Å². The van der Waals surface area contributed by atoms with Gasteiger partial charge >= 0.3 is 18.9 Å². The summed E-state index contributed by atoms with van der Waals surface area (Å²) in [6.07, 6.45) is -0.890. The average Bonchev–Trinajstić information content (AvgIpc) is 2.75. The molecule has 0 aromatic heterocycles. The topological polar surface area (TPSA) is 72.5 Å². The molecule has 7 nitrogen and oxygen atoms in total. The van der Waals surface area contributed by atoms with Crippen molar-refractivity contribution in [3.8, 4) is 23.0 Å². The Morgan fingerprint density at radius 1 is 0.875 bits per heavy atom. The second-order valence-electron chi connectivity index (χ2n) is 6.43. The molecule has 3 unspecified atom stereocenters. The molecule has 0 saturated heterocycles. The zero-order valence-corrected chi connectivity index (χ0v) is 20.9. The zero-order chi connectivity index (χ0) is 22.8. The zero-order valence-electron chi connectivity index (χ0n) is 19.9. The maximum absolute atomic E-state index is 13.2. The summed E-state index contributed by atoms with van der Waals surface area (Å²) in [5.74, 6) is 2.03. The molecule has 32 heavy (non-hydrogen) atoms. The van der Waals surface area contributed by atoms with Crippen LogP contribution in [-0.4, -0.2) is 45.5 Å². The number of benzene rings is 2. The van der Waals surface area contributed by atoms with Gasteiger partial charge in [0, 0.05) is 24.6 Å². The number of methoxy groups -OCH3 is 2. The maximum atomic E-state index is 13.2. The summed E-state index contributed by atoms with van der Waals surface area (Å²) in [6, 6.07) is 10.6. The molecule has 0 amide bonds. The van der Waals surface area contributed by atoms with Crippen LogP contribution < -0.4 is 43.1 Å². The van der Waals surface area contributed by atoms with E-state index >= 15 is 0 Å². The molecule has 2 rings (SSSR count). The van der Waals surface area contributed by atoms with Crippen LogP contribution in [0.25, 0.3) is 0 Å². The second kappa shape index (κ2) is 14.4. The monoisotopic (exact) mass is 457 g/mol. The van der Waals surface area contributed by atoms with Gasteiger partial charge in [0.1, 0.15) is 28.6 Å². The van der Waals surface area contributed by atoms with E-state index in [2.05, 4.69) is 0 Å². The van der Waals surface area contributed by atoms with Crippen molar-refractivity contribution in [2.24, 2.45) is 0 Å². The molecule has 0 N–H and O–H groups in total. The van der Waals surface area contributed by atoms with Gasteiger partial charge in [0.05, 0.1) is 14.2 Å². The molecule has 0 spiro atoms. The second-order valence-corrected chi connectivity index (χ2v) is 7.67. The fourth-order valence-corrected chi connectivity index (χ4v) is 3.98. The summed E-state index contributed by atoms with van der Waals surface area (Å²) in [7, 11) is 2.83. The summed E-state index contributed by atoms with van der Waals surface area (Å²) in [5.41, 5.74) is 0.277. The van der Waals surface area contributed by atoms with Gasteiger partial charge in [-0.25, -0.2) is 0 Å². The minimum atomic E-state index is -0.482. The average molecular weight is 457 g/mol. The van der Waals surface area contributed by atoms with Gasteiger partial charge in [-0.3, -0.25) is 4.79 Å². The number of carbonyl (C=O) groups excluding carboxylic acids is 1. The summed E-state index contributed by atoms with van der Waals surface area (Å²) in [5, 5.41) is 0.723.